The van der Waals surface area contributed by atoms with Crippen molar-refractivity contribution in [1.29, 1.82) is 0 Å². The quantitative estimate of drug-likeness (QED) is 0.729. The molecule has 2 heterocycles. The molecule has 0 aliphatic carbocycles. The normalized spacial score (nSPS) is 12.3. The molecular formula is C19H20FN3O3S. The van der Waals surface area contributed by atoms with Crippen LogP contribution in [0.1, 0.15) is 47.1 Å². The highest BCUT2D eigenvalue weighted by Gasteiger charge is 2.19. The van der Waals surface area contributed by atoms with Crippen LogP contribution in [0, 0.1) is 12.7 Å². The van der Waals surface area contributed by atoms with E-state index in [4.69, 9.17) is 0 Å². The second-order valence-corrected chi connectivity index (χ2v) is 7.45. The van der Waals surface area contributed by atoms with Gasteiger partial charge in [-0.3, -0.25) is 18.6 Å². The maximum Gasteiger partial charge on any atom is 0.336 e. The zero-order valence-electron chi connectivity index (χ0n) is 15.3. The van der Waals surface area contributed by atoms with Gasteiger partial charge in [0, 0.05) is 24.3 Å². The molecule has 8 heteroatoms. The van der Waals surface area contributed by atoms with Crippen LogP contribution in [0.25, 0.3) is 4.83 Å². The topological polar surface area (TPSA) is 72.6 Å². The van der Waals surface area contributed by atoms with Gasteiger partial charge in [0.1, 0.15) is 15.5 Å². The summed E-state index contributed by atoms with van der Waals surface area (Å²) in [6.45, 7) is 5.62. The molecule has 0 aliphatic rings. The Balaban J connectivity index is 1.94. The van der Waals surface area contributed by atoms with E-state index in [2.05, 4.69) is 5.32 Å². The van der Waals surface area contributed by atoms with E-state index in [1.807, 2.05) is 13.8 Å². The first-order chi connectivity index (χ1) is 12.8. The van der Waals surface area contributed by atoms with Crippen molar-refractivity contribution in [2.45, 2.75) is 39.8 Å². The number of nitrogens with zero attached hydrogens (tertiary/aromatic N) is 2. The molecule has 0 spiro atoms. The lowest BCUT2D eigenvalue weighted by Crippen LogP contribution is -2.39. The van der Waals surface area contributed by atoms with Gasteiger partial charge in [0.25, 0.3) is 11.5 Å². The van der Waals surface area contributed by atoms with Gasteiger partial charge in [0.05, 0.1) is 0 Å². The molecule has 0 bridgehead atoms. The molecule has 1 atom stereocenters. The van der Waals surface area contributed by atoms with Crippen molar-refractivity contribution in [2.24, 2.45) is 0 Å². The van der Waals surface area contributed by atoms with Gasteiger partial charge in [-0.25, -0.2) is 9.18 Å². The molecule has 0 aliphatic heterocycles. The van der Waals surface area contributed by atoms with Crippen LogP contribution >= 0.6 is 11.3 Å². The second kappa shape index (κ2) is 7.48. The molecule has 0 radical (unpaired) electrons. The summed E-state index contributed by atoms with van der Waals surface area (Å²) >= 11 is 1.10. The number of aromatic nitrogens is 2. The SMILES string of the molecule is CCC(C)n1c(=O)c(C)c2sc(C(=O)NCc3ccc(F)cc3)cn2c1=O. The van der Waals surface area contributed by atoms with Gasteiger partial charge in [-0.1, -0.05) is 19.1 Å². The Morgan fingerprint density at radius 1 is 1.26 bits per heavy atom. The van der Waals surface area contributed by atoms with E-state index in [0.29, 0.717) is 21.7 Å². The number of aryl methyl sites for hydroxylation is 1. The van der Waals surface area contributed by atoms with Crippen LogP contribution in [0.4, 0.5) is 4.39 Å². The molecule has 0 saturated carbocycles. The first kappa shape index (κ1) is 19.0. The summed E-state index contributed by atoms with van der Waals surface area (Å²) in [6.07, 6.45) is 2.11. The first-order valence-corrected chi connectivity index (χ1v) is 9.45. The van der Waals surface area contributed by atoms with E-state index >= 15 is 0 Å². The molecule has 1 amide bonds. The third-order valence-corrected chi connectivity index (χ3v) is 5.77. The average molecular weight is 389 g/mol. The molecule has 1 N–H and O–H groups in total. The van der Waals surface area contributed by atoms with E-state index in [-0.39, 0.29) is 29.9 Å². The summed E-state index contributed by atoms with van der Waals surface area (Å²) in [4.78, 5) is 38.5. The second-order valence-electron chi connectivity index (χ2n) is 6.42. The van der Waals surface area contributed by atoms with Crippen molar-refractivity contribution in [1.82, 2.24) is 14.3 Å². The fraction of sp³-hybridized carbons (Fsp3) is 0.316. The van der Waals surface area contributed by atoms with Crippen molar-refractivity contribution in [3.8, 4) is 0 Å². The monoisotopic (exact) mass is 389 g/mol. The predicted molar refractivity (Wildman–Crippen MR) is 103 cm³/mol. The number of fused-ring (bicyclic) bond motifs is 1. The molecule has 1 unspecified atom stereocenters. The number of carbonyl (C=O) groups is 1. The number of thiazole rings is 1. The van der Waals surface area contributed by atoms with Gasteiger partial charge in [-0.15, -0.1) is 11.3 Å². The van der Waals surface area contributed by atoms with Crippen molar-refractivity contribution >= 4 is 22.1 Å². The van der Waals surface area contributed by atoms with Gasteiger partial charge in [-0.05, 0) is 38.0 Å². The number of rotatable bonds is 5. The van der Waals surface area contributed by atoms with Crippen LogP contribution in [-0.4, -0.2) is 14.9 Å². The van der Waals surface area contributed by atoms with Crippen LogP contribution in [0.15, 0.2) is 40.1 Å². The van der Waals surface area contributed by atoms with Crippen LogP contribution in [0.2, 0.25) is 0 Å². The van der Waals surface area contributed by atoms with Crippen LogP contribution < -0.4 is 16.6 Å². The summed E-state index contributed by atoms with van der Waals surface area (Å²) in [5.41, 5.74) is 0.436. The smallest absolute Gasteiger partial charge is 0.336 e. The highest BCUT2D eigenvalue weighted by molar-refractivity contribution is 7.19. The summed E-state index contributed by atoms with van der Waals surface area (Å²) in [7, 11) is 0. The van der Waals surface area contributed by atoms with E-state index in [1.54, 1.807) is 19.1 Å². The highest BCUT2D eigenvalue weighted by Crippen LogP contribution is 2.19. The van der Waals surface area contributed by atoms with E-state index < -0.39 is 5.69 Å². The van der Waals surface area contributed by atoms with Crippen molar-refractivity contribution in [3.05, 3.63) is 73.1 Å². The minimum absolute atomic E-state index is 0.226. The Hall–Kier alpha value is -2.74. The number of amides is 1. The van der Waals surface area contributed by atoms with Crippen molar-refractivity contribution in [3.63, 3.8) is 0 Å². The molecule has 27 heavy (non-hydrogen) atoms. The molecule has 3 aromatic rings. The van der Waals surface area contributed by atoms with Gasteiger partial charge in [-0.2, -0.15) is 0 Å². The third-order valence-electron chi connectivity index (χ3n) is 4.57. The number of carbonyl (C=O) groups excluding carboxylic acids is 1. The average Bonchev–Trinajstić information content (AvgIpc) is 3.11. The Kier molecular flexibility index (Phi) is 5.27. The number of hydrogen-bond donors (Lipinski definition) is 1. The van der Waals surface area contributed by atoms with Gasteiger partial charge >= 0.3 is 5.69 Å². The summed E-state index contributed by atoms with van der Waals surface area (Å²) in [5.74, 6) is -0.693. The lowest BCUT2D eigenvalue weighted by molar-refractivity contribution is 0.0954. The summed E-state index contributed by atoms with van der Waals surface area (Å²) in [5, 5.41) is 2.75. The van der Waals surface area contributed by atoms with E-state index in [0.717, 1.165) is 16.9 Å². The third kappa shape index (κ3) is 3.57. The number of halogens is 1. The van der Waals surface area contributed by atoms with Gasteiger partial charge < -0.3 is 5.32 Å². The predicted octanol–water partition coefficient (Wildman–Crippen LogP) is 2.87. The molecule has 3 rings (SSSR count). The minimum Gasteiger partial charge on any atom is -0.347 e. The maximum atomic E-state index is 12.9. The molecule has 2 aromatic heterocycles. The number of benzene rings is 1. The van der Waals surface area contributed by atoms with Crippen molar-refractivity contribution < 1.29 is 9.18 Å². The largest absolute Gasteiger partial charge is 0.347 e. The number of hydrogen-bond acceptors (Lipinski definition) is 4. The van der Waals surface area contributed by atoms with Crippen molar-refractivity contribution in [2.75, 3.05) is 0 Å². The molecular weight excluding hydrogens is 369 g/mol. The highest BCUT2D eigenvalue weighted by atomic mass is 32.1. The van der Waals surface area contributed by atoms with Crippen LogP contribution in [-0.2, 0) is 6.54 Å². The van der Waals surface area contributed by atoms with Crippen LogP contribution in [0.5, 0.6) is 0 Å². The van der Waals surface area contributed by atoms with E-state index in [9.17, 15) is 18.8 Å². The summed E-state index contributed by atoms with van der Waals surface area (Å²) < 4.78 is 15.5. The minimum atomic E-state index is -0.441. The fourth-order valence-electron chi connectivity index (χ4n) is 2.78. The van der Waals surface area contributed by atoms with Crippen LogP contribution in [0.3, 0.4) is 0 Å². The Morgan fingerprint density at radius 2 is 1.93 bits per heavy atom. The lowest BCUT2D eigenvalue weighted by Gasteiger charge is -2.12. The fourth-order valence-corrected chi connectivity index (χ4v) is 3.78. The molecule has 1 aromatic carbocycles. The Bertz CT molecular complexity index is 1110. The standard InChI is InChI=1S/C19H20FN3O3S/c1-4-11(2)23-17(25)12(3)18-22(19(23)26)10-15(27-18)16(24)21-9-13-5-7-14(20)8-6-13/h5-8,10-11H,4,9H2,1-3H3,(H,21,24). The number of nitrogens with one attached hydrogen (secondary N) is 1. The summed E-state index contributed by atoms with van der Waals surface area (Å²) in [6, 6.07) is 5.61. The van der Waals surface area contributed by atoms with E-state index in [1.165, 1.54) is 27.3 Å². The molecule has 0 saturated heterocycles. The Labute approximate surface area is 158 Å². The molecule has 6 nitrogen and oxygen atoms in total. The Morgan fingerprint density at radius 3 is 2.56 bits per heavy atom. The lowest BCUT2D eigenvalue weighted by atomic mass is 10.2. The molecule has 0 fully saturated rings. The zero-order chi connectivity index (χ0) is 19.7. The van der Waals surface area contributed by atoms with Gasteiger partial charge in [0.2, 0.25) is 0 Å². The zero-order valence-corrected chi connectivity index (χ0v) is 16.1. The first-order valence-electron chi connectivity index (χ1n) is 8.63. The molecule has 142 valence electrons. The van der Waals surface area contributed by atoms with Gasteiger partial charge in [0.15, 0.2) is 0 Å². The maximum absolute atomic E-state index is 12.9.